The maximum atomic E-state index is 12.9. The highest BCUT2D eigenvalue weighted by atomic mass is 32.2. The quantitative estimate of drug-likeness (QED) is 0.463. The standard InChI is InChI=1S/C19H18N2O2S2/c1-9(2)24-19-20-13-6-5-12(8-14(13)25-19)21-17(22)15-10-3-4-11(7-10)16(15)18(21)23/h3-6,8-11,15-16H,7H2,1-2H3/t10-,11+,15+,16-. The average Bonchev–Trinajstić information content (AvgIpc) is 3.29. The minimum Gasteiger partial charge on any atom is -0.274 e. The molecule has 0 spiro atoms. The number of benzene rings is 1. The number of carbonyl (C=O) groups is 2. The van der Waals surface area contributed by atoms with Crippen LogP contribution in [0.3, 0.4) is 0 Å². The molecule has 1 saturated carbocycles. The maximum absolute atomic E-state index is 12.9. The Hall–Kier alpha value is -1.66. The van der Waals surface area contributed by atoms with Gasteiger partial charge in [0, 0.05) is 5.25 Å². The first-order valence-corrected chi connectivity index (χ1v) is 10.4. The van der Waals surface area contributed by atoms with Gasteiger partial charge in [-0.05, 0) is 36.5 Å². The van der Waals surface area contributed by atoms with Crippen LogP contribution in [0.1, 0.15) is 20.3 Å². The molecule has 2 amide bonds. The van der Waals surface area contributed by atoms with E-state index in [9.17, 15) is 9.59 Å². The number of imide groups is 1. The molecule has 128 valence electrons. The van der Waals surface area contributed by atoms with Crippen LogP contribution in [-0.4, -0.2) is 22.0 Å². The number of hydrogen-bond donors (Lipinski definition) is 0. The summed E-state index contributed by atoms with van der Waals surface area (Å²) >= 11 is 3.36. The second kappa shape index (κ2) is 5.42. The van der Waals surface area contributed by atoms with Crippen molar-refractivity contribution >= 4 is 50.8 Å². The molecule has 0 N–H and O–H groups in total. The van der Waals surface area contributed by atoms with Crippen molar-refractivity contribution in [2.75, 3.05) is 4.90 Å². The van der Waals surface area contributed by atoms with Crippen molar-refractivity contribution in [1.29, 1.82) is 0 Å². The van der Waals surface area contributed by atoms with Gasteiger partial charge in [0.15, 0.2) is 4.34 Å². The van der Waals surface area contributed by atoms with Crippen molar-refractivity contribution < 1.29 is 9.59 Å². The maximum Gasteiger partial charge on any atom is 0.238 e. The molecule has 2 fully saturated rings. The fourth-order valence-corrected chi connectivity index (χ4v) is 6.76. The van der Waals surface area contributed by atoms with Gasteiger partial charge in [0.2, 0.25) is 11.8 Å². The number of rotatable bonds is 3. The molecular weight excluding hydrogens is 352 g/mol. The van der Waals surface area contributed by atoms with Crippen LogP contribution < -0.4 is 4.90 Å². The van der Waals surface area contributed by atoms with E-state index >= 15 is 0 Å². The minimum atomic E-state index is -0.147. The van der Waals surface area contributed by atoms with Crippen LogP contribution in [0.15, 0.2) is 34.7 Å². The molecule has 4 atom stereocenters. The number of thiazole rings is 1. The molecule has 0 radical (unpaired) electrons. The van der Waals surface area contributed by atoms with Crippen molar-refractivity contribution in [3.63, 3.8) is 0 Å². The Kier molecular flexibility index (Phi) is 3.38. The molecule has 1 saturated heterocycles. The predicted molar refractivity (Wildman–Crippen MR) is 101 cm³/mol. The van der Waals surface area contributed by atoms with Crippen LogP contribution in [0.5, 0.6) is 0 Å². The lowest BCUT2D eigenvalue weighted by atomic mass is 9.85. The summed E-state index contributed by atoms with van der Waals surface area (Å²) < 4.78 is 2.06. The van der Waals surface area contributed by atoms with Gasteiger partial charge in [-0.15, -0.1) is 11.3 Å². The zero-order valence-corrected chi connectivity index (χ0v) is 15.6. The van der Waals surface area contributed by atoms with Gasteiger partial charge in [-0.3, -0.25) is 9.59 Å². The first-order valence-electron chi connectivity index (χ1n) is 8.66. The van der Waals surface area contributed by atoms with Crippen LogP contribution in [0.2, 0.25) is 0 Å². The van der Waals surface area contributed by atoms with Crippen LogP contribution in [0.25, 0.3) is 10.2 Å². The Morgan fingerprint density at radius 3 is 2.48 bits per heavy atom. The lowest BCUT2D eigenvalue weighted by Crippen LogP contribution is -2.32. The van der Waals surface area contributed by atoms with E-state index < -0.39 is 0 Å². The number of thioether (sulfide) groups is 1. The topological polar surface area (TPSA) is 50.3 Å². The Bertz CT molecular complexity index is 903. The molecule has 0 unspecified atom stereocenters. The van der Waals surface area contributed by atoms with Crippen molar-refractivity contribution in [1.82, 2.24) is 4.98 Å². The minimum absolute atomic E-state index is 0.0208. The zero-order chi connectivity index (χ0) is 17.3. The van der Waals surface area contributed by atoms with Crippen LogP contribution in [0, 0.1) is 23.7 Å². The summed E-state index contributed by atoms with van der Waals surface area (Å²) in [5, 5.41) is 0.476. The van der Waals surface area contributed by atoms with E-state index in [1.807, 2.05) is 18.2 Å². The van der Waals surface area contributed by atoms with Gasteiger partial charge < -0.3 is 0 Å². The smallest absolute Gasteiger partial charge is 0.238 e. The van der Waals surface area contributed by atoms with E-state index in [0.29, 0.717) is 10.9 Å². The van der Waals surface area contributed by atoms with Crippen molar-refractivity contribution in [2.45, 2.75) is 29.9 Å². The molecule has 25 heavy (non-hydrogen) atoms. The Labute approximate surface area is 154 Å². The second-order valence-electron chi connectivity index (χ2n) is 7.31. The van der Waals surface area contributed by atoms with E-state index in [1.54, 1.807) is 23.1 Å². The lowest BCUT2D eigenvalue weighted by molar-refractivity contribution is -0.123. The number of amides is 2. The summed E-state index contributed by atoms with van der Waals surface area (Å²) in [7, 11) is 0. The predicted octanol–water partition coefficient (Wildman–Crippen LogP) is 4.11. The van der Waals surface area contributed by atoms with Crippen LogP contribution >= 0.6 is 23.1 Å². The lowest BCUT2D eigenvalue weighted by Gasteiger charge is -2.17. The SMILES string of the molecule is CC(C)Sc1nc2ccc(N3C(=O)[C@@H]4[C@H](C3=O)[C@H]3C=C[C@@H]4C3)cc2s1. The van der Waals surface area contributed by atoms with Crippen LogP contribution in [-0.2, 0) is 9.59 Å². The molecule has 6 heteroatoms. The third-order valence-electron chi connectivity index (χ3n) is 5.42. The number of allylic oxidation sites excluding steroid dienone is 2. The van der Waals surface area contributed by atoms with E-state index in [0.717, 1.165) is 21.0 Å². The van der Waals surface area contributed by atoms with Crippen molar-refractivity contribution in [2.24, 2.45) is 23.7 Å². The fourth-order valence-electron chi connectivity index (χ4n) is 4.44. The highest BCUT2D eigenvalue weighted by molar-refractivity contribution is 8.01. The van der Waals surface area contributed by atoms with Gasteiger partial charge in [-0.1, -0.05) is 37.8 Å². The van der Waals surface area contributed by atoms with Gasteiger partial charge in [-0.25, -0.2) is 9.88 Å². The van der Waals surface area contributed by atoms with E-state index in [4.69, 9.17) is 0 Å². The molecule has 4 nitrogen and oxygen atoms in total. The molecule has 1 aromatic carbocycles. The molecule has 2 heterocycles. The molecule has 1 aromatic heterocycles. The van der Waals surface area contributed by atoms with Crippen molar-refractivity contribution in [3.05, 3.63) is 30.4 Å². The normalized spacial score (nSPS) is 30.3. The molecule has 5 rings (SSSR count). The summed E-state index contributed by atoms with van der Waals surface area (Å²) in [5.41, 5.74) is 1.62. The number of anilines is 1. The van der Waals surface area contributed by atoms with E-state index in [2.05, 4.69) is 31.0 Å². The molecule has 1 aliphatic heterocycles. The Balaban J connectivity index is 1.51. The number of aromatic nitrogens is 1. The molecule has 2 bridgehead atoms. The van der Waals surface area contributed by atoms with Crippen LogP contribution in [0.4, 0.5) is 5.69 Å². The second-order valence-corrected chi connectivity index (χ2v) is 10.2. The highest BCUT2D eigenvalue weighted by Gasteiger charge is 2.59. The number of fused-ring (bicyclic) bond motifs is 6. The molecular formula is C19H18N2O2S2. The summed E-state index contributed by atoms with van der Waals surface area (Å²) in [4.78, 5) is 31.9. The summed E-state index contributed by atoms with van der Waals surface area (Å²) in [6.45, 7) is 4.29. The third kappa shape index (κ3) is 2.23. The van der Waals surface area contributed by atoms with Gasteiger partial charge in [-0.2, -0.15) is 0 Å². The van der Waals surface area contributed by atoms with Crippen molar-refractivity contribution in [3.8, 4) is 0 Å². The monoisotopic (exact) mass is 370 g/mol. The molecule has 3 aliphatic rings. The zero-order valence-electron chi connectivity index (χ0n) is 14.0. The largest absolute Gasteiger partial charge is 0.274 e. The van der Waals surface area contributed by atoms with Gasteiger partial charge in [0.1, 0.15) is 0 Å². The van der Waals surface area contributed by atoms with Gasteiger partial charge in [0.25, 0.3) is 0 Å². The molecule has 2 aromatic rings. The summed E-state index contributed by atoms with van der Waals surface area (Å²) in [5.74, 6) is 0.161. The Morgan fingerprint density at radius 1 is 1.16 bits per heavy atom. The number of hydrogen-bond acceptors (Lipinski definition) is 5. The van der Waals surface area contributed by atoms with E-state index in [1.165, 1.54) is 4.90 Å². The van der Waals surface area contributed by atoms with E-state index in [-0.39, 0.29) is 35.5 Å². The molecule has 2 aliphatic carbocycles. The number of nitrogens with zero attached hydrogens (tertiary/aromatic N) is 2. The van der Waals surface area contributed by atoms with Gasteiger partial charge in [0.05, 0.1) is 27.7 Å². The third-order valence-corrected chi connectivity index (χ3v) is 7.53. The fraction of sp³-hybridized carbons (Fsp3) is 0.421. The van der Waals surface area contributed by atoms with Gasteiger partial charge >= 0.3 is 0 Å². The number of carbonyl (C=O) groups excluding carboxylic acids is 2. The summed E-state index contributed by atoms with van der Waals surface area (Å²) in [6.07, 6.45) is 5.22. The Morgan fingerprint density at radius 2 is 1.84 bits per heavy atom. The average molecular weight is 370 g/mol. The first-order chi connectivity index (χ1) is 12.0. The highest BCUT2D eigenvalue weighted by Crippen LogP contribution is 2.53. The first kappa shape index (κ1) is 15.6. The summed E-state index contributed by atoms with van der Waals surface area (Å²) in [6, 6.07) is 5.73.